The van der Waals surface area contributed by atoms with Gasteiger partial charge in [0.1, 0.15) is 5.60 Å². The number of carbonyl (C=O) groups excluding carboxylic acids is 1. The van der Waals surface area contributed by atoms with E-state index >= 15 is 0 Å². The molecule has 0 saturated heterocycles. The van der Waals surface area contributed by atoms with Gasteiger partial charge in [-0.2, -0.15) is 4.98 Å². The topological polar surface area (TPSA) is 102 Å². The molecule has 0 unspecified atom stereocenters. The lowest BCUT2D eigenvalue weighted by molar-refractivity contribution is 0.0618. The summed E-state index contributed by atoms with van der Waals surface area (Å²) in [6.07, 6.45) is -0.749. The van der Waals surface area contributed by atoms with Crippen LogP contribution in [0.1, 0.15) is 56.8 Å². The van der Waals surface area contributed by atoms with Crippen LogP contribution >= 0.6 is 0 Å². The average Bonchev–Trinajstić information content (AvgIpc) is 2.58. The fraction of sp³-hybridized carbons (Fsp3) is 0.583. The summed E-state index contributed by atoms with van der Waals surface area (Å²) in [4.78, 5) is 26.4. The van der Waals surface area contributed by atoms with Crippen molar-refractivity contribution < 1.29 is 23.8 Å². The van der Waals surface area contributed by atoms with Crippen LogP contribution in [-0.4, -0.2) is 27.8 Å². The van der Waals surface area contributed by atoms with E-state index in [0.717, 1.165) is 0 Å². The predicted molar refractivity (Wildman–Crippen MR) is 67.4 cm³/mol. The Balaban J connectivity index is 2.89. The second-order valence-corrected chi connectivity index (χ2v) is 5.32. The van der Waals surface area contributed by atoms with Gasteiger partial charge in [-0.1, -0.05) is 13.8 Å². The van der Waals surface area contributed by atoms with Crippen molar-refractivity contribution in [3.8, 4) is 0 Å². The van der Waals surface area contributed by atoms with Gasteiger partial charge < -0.3 is 14.3 Å². The molecule has 7 nitrogen and oxygen atoms in total. The van der Waals surface area contributed by atoms with E-state index in [1.807, 2.05) is 0 Å². The molecule has 0 fully saturated rings. The highest BCUT2D eigenvalue weighted by Gasteiger charge is 2.24. The van der Waals surface area contributed by atoms with Crippen molar-refractivity contribution in [3.63, 3.8) is 0 Å². The third-order valence-electron chi connectivity index (χ3n) is 2.00. The Kier molecular flexibility index (Phi) is 4.18. The lowest BCUT2D eigenvalue weighted by atomic mass is 10.1. The Hall–Kier alpha value is -2.05. The van der Waals surface area contributed by atoms with Gasteiger partial charge in [0.15, 0.2) is 0 Å². The highest BCUT2D eigenvalue weighted by molar-refractivity contribution is 5.87. The molecular weight excluding hydrogens is 252 g/mol. The minimum Gasteiger partial charge on any atom is -0.475 e. The standard InChI is InChI=1S/C12H18N2O5/c1-6(2)7-8(9(15)16)18-10(13-7)14-11(17)19-12(3,4)5/h6H,1-5H3,(H,15,16)(H,13,14,17). The molecule has 1 rings (SSSR count). The summed E-state index contributed by atoms with van der Waals surface area (Å²) in [6, 6.07) is -0.185. The largest absolute Gasteiger partial charge is 0.475 e. The number of carboxylic acid groups (broad SMARTS) is 1. The van der Waals surface area contributed by atoms with Crippen LogP contribution in [0.5, 0.6) is 0 Å². The maximum atomic E-state index is 11.5. The number of carbonyl (C=O) groups is 2. The van der Waals surface area contributed by atoms with E-state index in [1.165, 1.54) is 0 Å². The summed E-state index contributed by atoms with van der Waals surface area (Å²) >= 11 is 0. The molecule has 0 aliphatic carbocycles. The summed E-state index contributed by atoms with van der Waals surface area (Å²) in [6.45, 7) is 8.70. The van der Waals surface area contributed by atoms with Gasteiger partial charge in [-0.3, -0.25) is 0 Å². The lowest BCUT2D eigenvalue weighted by Gasteiger charge is -2.18. The van der Waals surface area contributed by atoms with Crippen molar-refractivity contribution in [2.45, 2.75) is 46.1 Å². The first-order valence-electron chi connectivity index (χ1n) is 5.84. The number of anilines is 1. The van der Waals surface area contributed by atoms with Crippen molar-refractivity contribution in [2.24, 2.45) is 0 Å². The van der Waals surface area contributed by atoms with Crippen LogP contribution in [0.25, 0.3) is 0 Å². The molecule has 0 aromatic carbocycles. The van der Waals surface area contributed by atoms with Gasteiger partial charge in [0.2, 0.25) is 5.76 Å². The molecule has 0 aliphatic heterocycles. The van der Waals surface area contributed by atoms with Crippen molar-refractivity contribution in [3.05, 3.63) is 11.5 Å². The Morgan fingerprint density at radius 2 is 1.95 bits per heavy atom. The van der Waals surface area contributed by atoms with Crippen molar-refractivity contribution in [1.82, 2.24) is 4.98 Å². The van der Waals surface area contributed by atoms with Gasteiger partial charge in [0.05, 0.1) is 5.69 Å². The molecule has 1 amide bonds. The molecule has 106 valence electrons. The van der Waals surface area contributed by atoms with Crippen LogP contribution < -0.4 is 5.32 Å². The Morgan fingerprint density at radius 1 is 1.37 bits per heavy atom. The molecular formula is C12H18N2O5. The minimum absolute atomic E-state index is 0.135. The summed E-state index contributed by atoms with van der Waals surface area (Å²) < 4.78 is 10.0. The van der Waals surface area contributed by atoms with Gasteiger partial charge >= 0.3 is 18.1 Å². The second-order valence-electron chi connectivity index (χ2n) is 5.32. The van der Waals surface area contributed by atoms with Crippen molar-refractivity contribution in [2.75, 3.05) is 5.32 Å². The number of aromatic nitrogens is 1. The molecule has 19 heavy (non-hydrogen) atoms. The first kappa shape index (κ1) is 15.0. The van der Waals surface area contributed by atoms with Crippen LogP contribution in [0, 0.1) is 0 Å². The minimum atomic E-state index is -1.23. The van der Waals surface area contributed by atoms with Gasteiger partial charge in [0.25, 0.3) is 0 Å². The lowest BCUT2D eigenvalue weighted by Crippen LogP contribution is -2.27. The number of nitrogens with zero attached hydrogens (tertiary/aromatic N) is 1. The third-order valence-corrected chi connectivity index (χ3v) is 2.00. The quantitative estimate of drug-likeness (QED) is 0.875. The summed E-state index contributed by atoms with van der Waals surface area (Å²) in [7, 11) is 0. The van der Waals surface area contributed by atoms with Gasteiger partial charge in [-0.05, 0) is 26.7 Å². The fourth-order valence-electron chi connectivity index (χ4n) is 1.32. The van der Waals surface area contributed by atoms with E-state index in [1.54, 1.807) is 34.6 Å². The zero-order chi connectivity index (χ0) is 14.8. The molecule has 1 aromatic rings. The van der Waals surface area contributed by atoms with Crippen LogP contribution in [0.2, 0.25) is 0 Å². The zero-order valence-electron chi connectivity index (χ0n) is 11.6. The number of hydrogen-bond acceptors (Lipinski definition) is 5. The highest BCUT2D eigenvalue weighted by atomic mass is 16.6. The van der Waals surface area contributed by atoms with Gasteiger partial charge in [-0.25, -0.2) is 14.9 Å². The summed E-state index contributed by atoms with van der Waals surface area (Å²) in [5.41, 5.74) is -0.383. The summed E-state index contributed by atoms with van der Waals surface area (Å²) in [5, 5.41) is 11.2. The second kappa shape index (κ2) is 5.29. The monoisotopic (exact) mass is 270 g/mol. The molecule has 0 bridgehead atoms. The van der Waals surface area contributed by atoms with E-state index in [-0.39, 0.29) is 23.4 Å². The first-order chi connectivity index (χ1) is 8.60. The molecule has 2 N–H and O–H groups in total. The smallest absolute Gasteiger partial charge is 0.415 e. The molecule has 0 saturated carbocycles. The third kappa shape index (κ3) is 4.27. The fourth-order valence-corrected chi connectivity index (χ4v) is 1.32. The Labute approximate surface area is 111 Å². The van der Waals surface area contributed by atoms with Crippen LogP contribution in [0.3, 0.4) is 0 Å². The van der Waals surface area contributed by atoms with E-state index in [2.05, 4.69) is 10.3 Å². The predicted octanol–water partition coefficient (Wildman–Crippen LogP) is 2.84. The number of ether oxygens (including phenoxy) is 1. The van der Waals surface area contributed by atoms with Crippen molar-refractivity contribution >= 4 is 18.1 Å². The molecule has 1 heterocycles. The summed E-state index contributed by atoms with van der Waals surface area (Å²) in [5.74, 6) is -1.64. The molecule has 7 heteroatoms. The van der Waals surface area contributed by atoms with Crippen LogP contribution in [0.4, 0.5) is 10.8 Å². The Bertz CT molecular complexity index is 485. The van der Waals surface area contributed by atoms with Gasteiger partial charge in [-0.15, -0.1) is 0 Å². The average molecular weight is 270 g/mol. The van der Waals surface area contributed by atoms with Crippen LogP contribution in [-0.2, 0) is 4.74 Å². The normalized spacial score (nSPS) is 11.5. The number of amides is 1. The first-order valence-corrected chi connectivity index (χ1v) is 5.84. The maximum Gasteiger partial charge on any atom is 0.415 e. The molecule has 0 spiro atoms. The maximum absolute atomic E-state index is 11.5. The van der Waals surface area contributed by atoms with Crippen LogP contribution in [0.15, 0.2) is 4.42 Å². The van der Waals surface area contributed by atoms with Crippen molar-refractivity contribution in [1.29, 1.82) is 0 Å². The SMILES string of the molecule is CC(C)c1nc(NC(=O)OC(C)(C)C)oc1C(=O)O. The van der Waals surface area contributed by atoms with E-state index in [9.17, 15) is 9.59 Å². The molecule has 0 radical (unpaired) electrons. The zero-order valence-corrected chi connectivity index (χ0v) is 11.6. The molecule has 1 aromatic heterocycles. The molecule has 0 aliphatic rings. The number of aromatic carboxylic acids is 1. The van der Waals surface area contributed by atoms with Gasteiger partial charge in [0, 0.05) is 0 Å². The number of hydrogen-bond donors (Lipinski definition) is 2. The van der Waals surface area contributed by atoms with E-state index in [0.29, 0.717) is 0 Å². The van der Waals surface area contributed by atoms with E-state index in [4.69, 9.17) is 14.3 Å². The highest BCUT2D eigenvalue weighted by Crippen LogP contribution is 2.23. The number of nitrogens with one attached hydrogen (secondary N) is 1. The van der Waals surface area contributed by atoms with E-state index < -0.39 is 17.7 Å². The molecule has 0 atom stereocenters. The number of rotatable bonds is 3. The number of oxazole rings is 1. The Morgan fingerprint density at radius 3 is 2.32 bits per heavy atom. The number of carboxylic acids is 1.